The second-order valence-electron chi connectivity index (χ2n) is 9.54. The van der Waals surface area contributed by atoms with Gasteiger partial charge in [0.2, 0.25) is 0 Å². The van der Waals surface area contributed by atoms with Crippen LogP contribution in [0.2, 0.25) is 0 Å². The van der Waals surface area contributed by atoms with Crippen LogP contribution >= 0.6 is 0 Å². The minimum atomic E-state index is 0.149. The van der Waals surface area contributed by atoms with Crippen LogP contribution in [0.15, 0.2) is 67.1 Å². The molecule has 0 amide bonds. The average Bonchev–Trinajstić information content (AvgIpc) is 3.62. The molecule has 2 aliphatic heterocycles. The van der Waals surface area contributed by atoms with Crippen molar-refractivity contribution in [2.24, 2.45) is 5.92 Å². The SMILES string of the molecule is C[C@H](CO)NC[C@H]1CCN(c2ccc3c(c2)Cn2cc(-c4ccccc4)cc2-c2nncn2-3)C1. The monoisotopic (exact) mass is 454 g/mol. The fourth-order valence-electron chi connectivity index (χ4n) is 5.18. The molecule has 0 unspecified atom stereocenters. The minimum absolute atomic E-state index is 0.149. The third-order valence-corrected chi connectivity index (χ3v) is 7.12. The van der Waals surface area contributed by atoms with E-state index in [1.807, 2.05) is 19.3 Å². The van der Waals surface area contributed by atoms with Gasteiger partial charge in [0, 0.05) is 49.7 Å². The Hall–Kier alpha value is -3.42. The number of fused-ring (bicyclic) bond motifs is 5. The first-order chi connectivity index (χ1) is 16.7. The molecule has 4 heterocycles. The fraction of sp³-hybridized carbons (Fsp3) is 0.333. The second-order valence-corrected chi connectivity index (χ2v) is 9.54. The summed E-state index contributed by atoms with van der Waals surface area (Å²) in [5.74, 6) is 1.47. The topological polar surface area (TPSA) is 71.1 Å². The van der Waals surface area contributed by atoms with E-state index >= 15 is 0 Å². The molecule has 7 nitrogen and oxygen atoms in total. The summed E-state index contributed by atoms with van der Waals surface area (Å²) in [5, 5.41) is 21.4. The van der Waals surface area contributed by atoms with Crippen molar-refractivity contribution in [1.29, 1.82) is 0 Å². The number of aliphatic hydroxyl groups is 1. The third-order valence-electron chi connectivity index (χ3n) is 7.12. The van der Waals surface area contributed by atoms with Gasteiger partial charge in [-0.1, -0.05) is 30.3 Å². The molecule has 1 saturated heterocycles. The van der Waals surface area contributed by atoms with E-state index in [1.165, 1.54) is 28.8 Å². The van der Waals surface area contributed by atoms with Crippen LogP contribution in [0.1, 0.15) is 18.9 Å². The lowest BCUT2D eigenvalue weighted by Crippen LogP contribution is -2.34. The average molecular weight is 455 g/mol. The lowest BCUT2D eigenvalue weighted by Gasteiger charge is -2.21. The first-order valence-electron chi connectivity index (χ1n) is 12.1. The van der Waals surface area contributed by atoms with E-state index in [9.17, 15) is 5.11 Å². The zero-order valence-corrected chi connectivity index (χ0v) is 19.4. The summed E-state index contributed by atoms with van der Waals surface area (Å²) < 4.78 is 4.41. The van der Waals surface area contributed by atoms with Crippen molar-refractivity contribution in [3.8, 4) is 28.3 Å². The van der Waals surface area contributed by atoms with E-state index in [4.69, 9.17) is 0 Å². The Morgan fingerprint density at radius 1 is 1.12 bits per heavy atom. The van der Waals surface area contributed by atoms with Crippen molar-refractivity contribution >= 4 is 5.69 Å². The molecule has 0 aliphatic carbocycles. The summed E-state index contributed by atoms with van der Waals surface area (Å²) in [6, 6.07) is 19.6. The van der Waals surface area contributed by atoms with E-state index in [2.05, 4.69) is 84.3 Å². The van der Waals surface area contributed by atoms with Gasteiger partial charge in [-0.3, -0.25) is 4.57 Å². The molecular weight excluding hydrogens is 424 g/mol. The summed E-state index contributed by atoms with van der Waals surface area (Å²) in [7, 11) is 0. The molecule has 0 bridgehead atoms. The number of aromatic nitrogens is 4. The Kier molecular flexibility index (Phi) is 5.43. The Labute approximate surface area is 199 Å². The maximum absolute atomic E-state index is 9.28. The summed E-state index contributed by atoms with van der Waals surface area (Å²) in [5.41, 5.74) is 7.15. The first-order valence-corrected chi connectivity index (χ1v) is 12.1. The second kappa shape index (κ2) is 8.74. The maximum atomic E-state index is 9.28. The molecule has 4 aromatic rings. The van der Waals surface area contributed by atoms with Gasteiger partial charge in [0.05, 0.1) is 18.0 Å². The fourth-order valence-corrected chi connectivity index (χ4v) is 5.18. The van der Waals surface area contributed by atoms with E-state index in [0.29, 0.717) is 5.92 Å². The molecule has 2 atom stereocenters. The number of aliphatic hydroxyl groups excluding tert-OH is 1. The highest BCUT2D eigenvalue weighted by Crippen LogP contribution is 2.35. The van der Waals surface area contributed by atoms with Crippen molar-refractivity contribution in [1.82, 2.24) is 24.6 Å². The molecule has 34 heavy (non-hydrogen) atoms. The van der Waals surface area contributed by atoms with Gasteiger partial charge in [0.15, 0.2) is 5.82 Å². The van der Waals surface area contributed by atoms with Gasteiger partial charge in [-0.2, -0.15) is 0 Å². The number of benzene rings is 2. The predicted molar refractivity (Wildman–Crippen MR) is 134 cm³/mol. The van der Waals surface area contributed by atoms with E-state index < -0.39 is 0 Å². The Morgan fingerprint density at radius 3 is 2.85 bits per heavy atom. The van der Waals surface area contributed by atoms with E-state index in [0.717, 1.165) is 43.4 Å². The van der Waals surface area contributed by atoms with Crippen molar-refractivity contribution in [2.75, 3.05) is 31.1 Å². The standard InChI is InChI=1S/C27H30N6O/c1-19(17-34)28-13-20-9-10-31(14-20)24-7-8-25-23(11-24)16-32-15-22(21-5-3-2-4-6-21)12-26(32)27-30-29-18-33(25)27/h2-8,11-12,15,18-20,28,34H,9-10,13-14,16-17H2,1H3/t19-,20-/m1/s1. The van der Waals surface area contributed by atoms with Crippen LogP contribution in [0, 0.1) is 5.92 Å². The normalized spacial score (nSPS) is 17.7. The number of hydrogen-bond acceptors (Lipinski definition) is 5. The highest BCUT2D eigenvalue weighted by molar-refractivity contribution is 5.72. The molecule has 6 rings (SSSR count). The quantitative estimate of drug-likeness (QED) is 0.411. The van der Waals surface area contributed by atoms with E-state index in [-0.39, 0.29) is 12.6 Å². The largest absolute Gasteiger partial charge is 0.395 e. The molecule has 1 fully saturated rings. The summed E-state index contributed by atoms with van der Waals surface area (Å²) >= 11 is 0. The Morgan fingerprint density at radius 2 is 2.00 bits per heavy atom. The maximum Gasteiger partial charge on any atom is 0.185 e. The zero-order chi connectivity index (χ0) is 23.1. The summed E-state index contributed by atoms with van der Waals surface area (Å²) in [4.78, 5) is 2.49. The van der Waals surface area contributed by atoms with Gasteiger partial charge >= 0.3 is 0 Å². The highest BCUT2D eigenvalue weighted by Gasteiger charge is 2.26. The number of hydrogen-bond donors (Lipinski definition) is 2. The molecule has 174 valence electrons. The number of nitrogens with one attached hydrogen (secondary N) is 1. The lowest BCUT2D eigenvalue weighted by molar-refractivity contribution is 0.247. The van der Waals surface area contributed by atoms with Crippen LogP contribution in [0.3, 0.4) is 0 Å². The Bertz CT molecular complexity index is 1290. The predicted octanol–water partition coefficient (Wildman–Crippen LogP) is 3.56. The molecule has 2 aromatic carbocycles. The van der Waals surface area contributed by atoms with E-state index in [1.54, 1.807) is 0 Å². The van der Waals surface area contributed by atoms with Crippen LogP contribution in [0.25, 0.3) is 28.3 Å². The summed E-state index contributed by atoms with van der Waals surface area (Å²) in [6.45, 7) is 6.04. The lowest BCUT2D eigenvalue weighted by atomic mass is 10.1. The van der Waals surface area contributed by atoms with Gasteiger partial charge in [0.25, 0.3) is 0 Å². The molecular formula is C27H30N6O. The van der Waals surface area contributed by atoms with Crippen LogP contribution in [0.4, 0.5) is 5.69 Å². The van der Waals surface area contributed by atoms with Gasteiger partial charge in [-0.25, -0.2) is 0 Å². The van der Waals surface area contributed by atoms with Gasteiger partial charge in [-0.05, 0) is 54.7 Å². The van der Waals surface area contributed by atoms with Crippen molar-refractivity contribution in [3.63, 3.8) is 0 Å². The first kappa shape index (κ1) is 21.1. The molecule has 0 saturated carbocycles. The van der Waals surface area contributed by atoms with Crippen LogP contribution in [0.5, 0.6) is 0 Å². The molecule has 2 aliphatic rings. The highest BCUT2D eigenvalue weighted by atomic mass is 16.3. The van der Waals surface area contributed by atoms with Crippen molar-refractivity contribution in [2.45, 2.75) is 25.9 Å². The number of rotatable bonds is 6. The minimum Gasteiger partial charge on any atom is -0.395 e. The van der Waals surface area contributed by atoms with Crippen LogP contribution in [-0.2, 0) is 6.54 Å². The zero-order valence-electron chi connectivity index (χ0n) is 19.4. The third kappa shape index (κ3) is 3.81. The summed E-state index contributed by atoms with van der Waals surface area (Å²) in [6.07, 6.45) is 5.21. The molecule has 2 aromatic heterocycles. The van der Waals surface area contributed by atoms with Crippen molar-refractivity contribution in [3.05, 3.63) is 72.7 Å². The molecule has 0 radical (unpaired) electrons. The van der Waals surface area contributed by atoms with Crippen molar-refractivity contribution < 1.29 is 5.11 Å². The smallest absolute Gasteiger partial charge is 0.185 e. The van der Waals surface area contributed by atoms with Crippen LogP contribution in [-0.4, -0.2) is 56.7 Å². The molecule has 2 N–H and O–H groups in total. The Balaban J connectivity index is 1.30. The number of nitrogens with zero attached hydrogens (tertiary/aromatic N) is 5. The van der Waals surface area contributed by atoms with Crippen LogP contribution < -0.4 is 10.2 Å². The van der Waals surface area contributed by atoms with Gasteiger partial charge in [0.1, 0.15) is 6.33 Å². The van der Waals surface area contributed by atoms with Gasteiger partial charge in [-0.15, -0.1) is 10.2 Å². The molecule has 0 spiro atoms. The van der Waals surface area contributed by atoms with Gasteiger partial charge < -0.3 is 19.9 Å². The number of anilines is 1. The molecule has 7 heteroatoms.